The van der Waals surface area contributed by atoms with E-state index >= 15 is 0 Å². The maximum Gasteiger partial charge on any atom is 0.240 e. The summed E-state index contributed by atoms with van der Waals surface area (Å²) in [6, 6.07) is 3.35. The SMILES string of the molecule is NCc1cc(S(=O)(=O)NC2CCS(=O)CC2)ccc1F. The maximum atomic E-state index is 13.3. The lowest BCUT2D eigenvalue weighted by atomic mass is 10.2. The van der Waals surface area contributed by atoms with Gasteiger partial charge in [0.25, 0.3) is 0 Å². The zero-order chi connectivity index (χ0) is 14.8. The van der Waals surface area contributed by atoms with Gasteiger partial charge >= 0.3 is 0 Å². The summed E-state index contributed by atoms with van der Waals surface area (Å²) in [4.78, 5) is 0.00560. The van der Waals surface area contributed by atoms with Gasteiger partial charge in [-0.15, -0.1) is 0 Å². The molecule has 1 heterocycles. The Hall–Kier alpha value is -0.830. The molecule has 0 bridgehead atoms. The minimum atomic E-state index is -3.70. The molecule has 1 aliphatic heterocycles. The highest BCUT2D eigenvalue weighted by molar-refractivity contribution is 7.89. The summed E-state index contributed by atoms with van der Waals surface area (Å²) in [7, 11) is -4.54. The first-order valence-corrected chi connectivity index (χ1v) is 9.25. The van der Waals surface area contributed by atoms with Crippen LogP contribution >= 0.6 is 0 Å². The van der Waals surface area contributed by atoms with Gasteiger partial charge in [0.1, 0.15) is 5.82 Å². The molecule has 0 spiro atoms. The Bertz CT molecular complexity index is 609. The summed E-state index contributed by atoms with van der Waals surface area (Å²) >= 11 is 0. The molecule has 1 fully saturated rings. The molecular formula is C12H17FN2O3S2. The highest BCUT2D eigenvalue weighted by atomic mass is 32.2. The quantitative estimate of drug-likeness (QED) is 0.844. The van der Waals surface area contributed by atoms with Crippen LogP contribution in [0.1, 0.15) is 18.4 Å². The Kier molecular flexibility index (Phi) is 4.90. The zero-order valence-corrected chi connectivity index (χ0v) is 12.5. The number of nitrogens with one attached hydrogen (secondary N) is 1. The van der Waals surface area contributed by atoms with Gasteiger partial charge in [-0.05, 0) is 31.0 Å². The molecule has 112 valence electrons. The molecule has 0 saturated carbocycles. The first-order valence-electron chi connectivity index (χ1n) is 6.28. The van der Waals surface area contributed by atoms with Crippen molar-refractivity contribution in [2.24, 2.45) is 5.73 Å². The van der Waals surface area contributed by atoms with E-state index in [2.05, 4.69) is 4.72 Å². The molecule has 0 aliphatic carbocycles. The Morgan fingerprint density at radius 3 is 2.60 bits per heavy atom. The number of hydrogen-bond donors (Lipinski definition) is 2. The van der Waals surface area contributed by atoms with Gasteiger partial charge in [0.05, 0.1) is 4.90 Å². The molecule has 20 heavy (non-hydrogen) atoms. The van der Waals surface area contributed by atoms with E-state index < -0.39 is 26.6 Å². The second-order valence-corrected chi connectivity index (χ2v) is 8.11. The summed E-state index contributed by atoms with van der Waals surface area (Å²) < 4.78 is 51.6. The number of sulfonamides is 1. The fourth-order valence-corrected chi connectivity index (χ4v) is 4.73. The van der Waals surface area contributed by atoms with E-state index in [1.54, 1.807) is 0 Å². The van der Waals surface area contributed by atoms with E-state index in [0.29, 0.717) is 24.3 Å². The third-order valence-corrected chi connectivity index (χ3v) is 6.16. The number of rotatable bonds is 4. The molecule has 0 unspecified atom stereocenters. The van der Waals surface area contributed by atoms with E-state index in [1.807, 2.05) is 0 Å². The van der Waals surface area contributed by atoms with Crippen molar-refractivity contribution >= 4 is 20.8 Å². The molecule has 8 heteroatoms. The van der Waals surface area contributed by atoms with E-state index in [-0.39, 0.29) is 23.0 Å². The molecule has 0 atom stereocenters. The minimum absolute atomic E-state index is 0.00560. The first kappa shape index (κ1) is 15.6. The van der Waals surface area contributed by atoms with Gasteiger partial charge in [0, 0.05) is 40.5 Å². The van der Waals surface area contributed by atoms with Gasteiger partial charge in [-0.2, -0.15) is 0 Å². The summed E-state index contributed by atoms with van der Waals surface area (Å²) in [6.07, 6.45) is 1.10. The molecular weight excluding hydrogens is 303 g/mol. The van der Waals surface area contributed by atoms with E-state index in [9.17, 15) is 17.0 Å². The molecule has 1 aliphatic rings. The Balaban J connectivity index is 2.16. The van der Waals surface area contributed by atoms with Crippen molar-refractivity contribution in [2.45, 2.75) is 30.3 Å². The topological polar surface area (TPSA) is 89.3 Å². The third-order valence-electron chi connectivity index (χ3n) is 3.26. The van der Waals surface area contributed by atoms with Crippen molar-refractivity contribution in [3.05, 3.63) is 29.6 Å². The normalized spacial score (nSPS) is 23.7. The number of nitrogens with two attached hydrogens (primary N) is 1. The third kappa shape index (κ3) is 3.63. The lowest BCUT2D eigenvalue weighted by molar-refractivity contribution is 0.521. The van der Waals surface area contributed by atoms with Gasteiger partial charge in [0.15, 0.2) is 0 Å². The summed E-state index contributed by atoms with van der Waals surface area (Å²) in [5, 5.41) is 0. The van der Waals surface area contributed by atoms with Crippen molar-refractivity contribution in [1.29, 1.82) is 0 Å². The van der Waals surface area contributed by atoms with Crippen LogP contribution in [-0.4, -0.2) is 30.2 Å². The average Bonchev–Trinajstić information content (AvgIpc) is 2.41. The van der Waals surface area contributed by atoms with Gasteiger partial charge in [-0.3, -0.25) is 4.21 Å². The van der Waals surface area contributed by atoms with Crippen molar-refractivity contribution in [1.82, 2.24) is 4.72 Å². The fraction of sp³-hybridized carbons (Fsp3) is 0.500. The van der Waals surface area contributed by atoms with Crippen molar-refractivity contribution < 1.29 is 17.0 Å². The van der Waals surface area contributed by atoms with Crippen LogP contribution < -0.4 is 10.5 Å². The highest BCUT2D eigenvalue weighted by Crippen LogP contribution is 2.17. The largest absolute Gasteiger partial charge is 0.326 e. The van der Waals surface area contributed by atoms with Gasteiger partial charge in [0.2, 0.25) is 10.0 Å². The predicted octanol–water partition coefficient (Wildman–Crippen LogP) is 0.474. The van der Waals surface area contributed by atoms with Crippen LogP contribution in [0.4, 0.5) is 4.39 Å². The Morgan fingerprint density at radius 2 is 2.00 bits per heavy atom. The Morgan fingerprint density at radius 1 is 1.35 bits per heavy atom. The second kappa shape index (κ2) is 6.30. The number of benzene rings is 1. The number of halogens is 1. The van der Waals surface area contributed by atoms with Gasteiger partial charge < -0.3 is 5.73 Å². The molecule has 3 N–H and O–H groups in total. The van der Waals surface area contributed by atoms with Crippen LogP contribution in [0.15, 0.2) is 23.1 Å². The highest BCUT2D eigenvalue weighted by Gasteiger charge is 2.24. The fourth-order valence-electron chi connectivity index (χ4n) is 2.07. The second-order valence-electron chi connectivity index (χ2n) is 4.70. The molecule has 0 radical (unpaired) electrons. The summed E-state index contributed by atoms with van der Waals surface area (Å²) in [5.41, 5.74) is 5.54. The lowest BCUT2D eigenvalue weighted by Crippen LogP contribution is -2.39. The molecule has 5 nitrogen and oxygen atoms in total. The van der Waals surface area contributed by atoms with Crippen molar-refractivity contribution in [3.63, 3.8) is 0 Å². The van der Waals surface area contributed by atoms with Crippen LogP contribution in [0.25, 0.3) is 0 Å². The number of hydrogen-bond acceptors (Lipinski definition) is 4. The van der Waals surface area contributed by atoms with Gasteiger partial charge in [-0.1, -0.05) is 0 Å². The van der Waals surface area contributed by atoms with Crippen LogP contribution in [-0.2, 0) is 27.4 Å². The molecule has 0 aromatic heterocycles. The maximum absolute atomic E-state index is 13.3. The summed E-state index contributed by atoms with van der Waals surface area (Å²) in [6.45, 7) is -0.0579. The van der Waals surface area contributed by atoms with Crippen molar-refractivity contribution in [2.75, 3.05) is 11.5 Å². The average molecular weight is 320 g/mol. The van der Waals surface area contributed by atoms with Gasteiger partial charge in [-0.25, -0.2) is 17.5 Å². The van der Waals surface area contributed by atoms with Crippen LogP contribution in [0.2, 0.25) is 0 Å². The molecule has 1 saturated heterocycles. The predicted molar refractivity (Wildman–Crippen MR) is 75.5 cm³/mol. The monoisotopic (exact) mass is 320 g/mol. The summed E-state index contributed by atoms with van der Waals surface area (Å²) in [5.74, 6) is 0.495. The molecule has 0 amide bonds. The van der Waals surface area contributed by atoms with E-state index in [0.717, 1.165) is 6.07 Å². The van der Waals surface area contributed by atoms with E-state index in [1.165, 1.54) is 12.1 Å². The van der Waals surface area contributed by atoms with E-state index in [4.69, 9.17) is 5.73 Å². The van der Waals surface area contributed by atoms with Crippen LogP contribution in [0, 0.1) is 5.82 Å². The Labute approximate surface area is 120 Å². The lowest BCUT2D eigenvalue weighted by Gasteiger charge is -2.22. The molecule has 2 rings (SSSR count). The van der Waals surface area contributed by atoms with Crippen LogP contribution in [0.5, 0.6) is 0 Å². The minimum Gasteiger partial charge on any atom is -0.326 e. The smallest absolute Gasteiger partial charge is 0.240 e. The standard InChI is InChI=1S/C12H17FN2O3S2/c13-12-2-1-11(7-9(12)8-14)20(17,18)15-10-3-5-19(16)6-4-10/h1-2,7,10,15H,3-6,8,14H2. The van der Waals surface area contributed by atoms with Crippen LogP contribution in [0.3, 0.4) is 0 Å². The molecule has 1 aromatic rings. The zero-order valence-electron chi connectivity index (χ0n) is 10.8. The van der Waals surface area contributed by atoms with Crippen molar-refractivity contribution in [3.8, 4) is 0 Å². The first-order chi connectivity index (χ1) is 9.42. The molecule has 1 aromatic carbocycles.